The highest BCUT2D eigenvalue weighted by atomic mass is 33.1. The second kappa shape index (κ2) is 14.5. The van der Waals surface area contributed by atoms with E-state index in [-0.39, 0.29) is 36.1 Å². The minimum Gasteiger partial charge on any atom is -0.429 e. The molecule has 0 N–H and O–H groups in total. The van der Waals surface area contributed by atoms with Crippen LogP contribution in [0.15, 0.2) is 107 Å². The van der Waals surface area contributed by atoms with Crippen molar-refractivity contribution in [2.45, 2.75) is 23.0 Å². The van der Waals surface area contributed by atoms with E-state index in [1.54, 1.807) is 0 Å². The van der Waals surface area contributed by atoms with Crippen molar-refractivity contribution in [3.63, 3.8) is 0 Å². The zero-order valence-corrected chi connectivity index (χ0v) is 23.1. The molecule has 0 aliphatic rings. The van der Waals surface area contributed by atoms with Gasteiger partial charge in [-0.2, -0.15) is 0 Å². The Morgan fingerprint density at radius 1 is 0.548 bits per heavy atom. The molecule has 0 aliphatic carbocycles. The lowest BCUT2D eigenvalue weighted by Crippen LogP contribution is -2.10. The Morgan fingerprint density at radius 3 is 1.19 bits per heavy atom. The van der Waals surface area contributed by atoms with Crippen molar-refractivity contribution >= 4 is 45.3 Å². The van der Waals surface area contributed by atoms with Crippen LogP contribution in [0.5, 0.6) is 11.5 Å². The third-order valence-corrected chi connectivity index (χ3v) is 7.71. The second-order valence-corrected chi connectivity index (χ2v) is 10.5. The summed E-state index contributed by atoms with van der Waals surface area (Å²) in [6, 6.07) is 25.0. The van der Waals surface area contributed by atoms with Crippen molar-refractivity contribution in [2.75, 3.05) is 0 Å². The van der Waals surface area contributed by atoms with Gasteiger partial charge in [-0.25, -0.2) is 9.59 Å². The van der Waals surface area contributed by atoms with Crippen LogP contribution in [-0.2, 0) is 22.7 Å². The van der Waals surface area contributed by atoms with Gasteiger partial charge in [0.1, 0.15) is 24.7 Å². The third kappa shape index (κ3) is 9.25. The number of rotatable bonds is 11. The van der Waals surface area contributed by atoms with Gasteiger partial charge in [-0.05, 0) is 59.7 Å². The lowest BCUT2D eigenvalue weighted by Gasteiger charge is -2.08. The smallest absolute Gasteiger partial charge is 0.429 e. The monoisotopic (exact) mass is 608 g/mol. The number of nitrogens with zero attached hydrogens (tertiary/aromatic N) is 2. The number of ether oxygens (including phenoxy) is 4. The lowest BCUT2D eigenvalue weighted by molar-refractivity contribution is -0.385. The summed E-state index contributed by atoms with van der Waals surface area (Å²) < 4.78 is 20.2. The molecule has 4 aromatic rings. The molecule has 0 aromatic heterocycles. The zero-order chi connectivity index (χ0) is 29.9. The Kier molecular flexibility index (Phi) is 10.3. The fraction of sp³-hybridized carbons (Fsp3) is 0.0714. The first-order valence-electron chi connectivity index (χ1n) is 12.0. The van der Waals surface area contributed by atoms with E-state index in [0.717, 1.165) is 20.9 Å². The number of nitro benzene ring substituents is 2. The molecule has 0 atom stereocenters. The van der Waals surface area contributed by atoms with Crippen LogP contribution in [0.4, 0.5) is 21.0 Å². The number of hydrogen-bond acceptors (Lipinski definition) is 12. The average Bonchev–Trinajstić information content (AvgIpc) is 2.99. The van der Waals surface area contributed by atoms with E-state index in [4.69, 9.17) is 18.9 Å². The minimum absolute atomic E-state index is 0.00510. The van der Waals surface area contributed by atoms with Crippen LogP contribution in [-0.4, -0.2) is 22.2 Å². The number of carbonyl (C=O) groups is 2. The maximum Gasteiger partial charge on any atom is 0.514 e. The van der Waals surface area contributed by atoms with E-state index < -0.39 is 22.2 Å². The summed E-state index contributed by atoms with van der Waals surface area (Å²) in [6.07, 6.45) is -1.85. The van der Waals surface area contributed by atoms with Gasteiger partial charge in [0.15, 0.2) is 0 Å². The topological polar surface area (TPSA) is 157 Å². The van der Waals surface area contributed by atoms with E-state index in [2.05, 4.69) is 0 Å². The van der Waals surface area contributed by atoms with Crippen LogP contribution < -0.4 is 9.47 Å². The van der Waals surface area contributed by atoms with Gasteiger partial charge >= 0.3 is 12.3 Å². The maximum absolute atomic E-state index is 11.9. The number of hydrogen-bond donors (Lipinski definition) is 0. The first-order chi connectivity index (χ1) is 20.2. The molecule has 0 aliphatic heterocycles. The molecule has 0 bridgehead atoms. The van der Waals surface area contributed by atoms with E-state index >= 15 is 0 Å². The number of benzene rings is 4. The summed E-state index contributed by atoms with van der Waals surface area (Å²) in [5.74, 6) is 0.272. The SMILES string of the molecule is O=C(OCc1ccc(SSc2ccc(COC(=O)Oc3ccc([N+](=O)[O-])cc3)cc2)cc1)Oc1ccc([N+](=O)[O-])cc1. The van der Waals surface area contributed by atoms with E-state index in [9.17, 15) is 29.8 Å². The summed E-state index contributed by atoms with van der Waals surface area (Å²) >= 11 is 0. The average molecular weight is 609 g/mol. The molecule has 214 valence electrons. The molecule has 0 saturated heterocycles. The Hall–Kier alpha value is -5.08. The molecule has 4 aromatic carbocycles. The Balaban J connectivity index is 1.16. The van der Waals surface area contributed by atoms with Gasteiger partial charge in [-0.1, -0.05) is 45.9 Å². The molecule has 12 nitrogen and oxygen atoms in total. The molecule has 0 spiro atoms. The molecule has 42 heavy (non-hydrogen) atoms. The Morgan fingerprint density at radius 2 is 0.881 bits per heavy atom. The summed E-state index contributed by atoms with van der Waals surface area (Å²) in [5, 5.41) is 21.4. The summed E-state index contributed by atoms with van der Waals surface area (Å²) in [6.45, 7) is -0.0102. The molecule has 0 unspecified atom stereocenters. The predicted molar refractivity (Wildman–Crippen MR) is 152 cm³/mol. The highest BCUT2D eigenvalue weighted by Gasteiger charge is 2.11. The normalized spacial score (nSPS) is 10.4. The van der Waals surface area contributed by atoms with Crippen LogP contribution in [0, 0.1) is 20.2 Å². The molecule has 0 radical (unpaired) electrons. The van der Waals surface area contributed by atoms with Gasteiger partial charge in [0.25, 0.3) is 11.4 Å². The molecular weight excluding hydrogens is 588 g/mol. The van der Waals surface area contributed by atoms with Crippen LogP contribution >= 0.6 is 21.6 Å². The first kappa shape index (κ1) is 29.9. The fourth-order valence-electron chi connectivity index (χ4n) is 3.19. The van der Waals surface area contributed by atoms with E-state index in [1.807, 2.05) is 48.5 Å². The van der Waals surface area contributed by atoms with Crippen LogP contribution in [0.3, 0.4) is 0 Å². The van der Waals surface area contributed by atoms with Crippen molar-refractivity contribution in [3.8, 4) is 11.5 Å². The van der Waals surface area contributed by atoms with Crippen molar-refractivity contribution in [1.82, 2.24) is 0 Å². The van der Waals surface area contributed by atoms with Crippen molar-refractivity contribution < 1.29 is 38.4 Å². The standard InChI is InChI=1S/C28H20N2O10S2/c31-27(39-23-9-5-21(6-10-23)29(33)34)37-17-19-1-13-25(14-2-19)41-42-26-15-3-20(4-16-26)18-38-28(32)40-24-11-7-22(8-12-24)30(35)36/h1-16H,17-18H2. The largest absolute Gasteiger partial charge is 0.514 e. The molecule has 0 heterocycles. The van der Waals surface area contributed by atoms with Gasteiger partial charge in [-0.15, -0.1) is 0 Å². The van der Waals surface area contributed by atoms with Crippen LogP contribution in [0.2, 0.25) is 0 Å². The zero-order valence-electron chi connectivity index (χ0n) is 21.4. The van der Waals surface area contributed by atoms with Crippen molar-refractivity contribution in [1.29, 1.82) is 0 Å². The van der Waals surface area contributed by atoms with E-state index in [0.29, 0.717) is 0 Å². The number of nitro groups is 2. The highest BCUT2D eigenvalue weighted by molar-refractivity contribution is 8.76. The molecule has 0 fully saturated rings. The highest BCUT2D eigenvalue weighted by Crippen LogP contribution is 2.37. The lowest BCUT2D eigenvalue weighted by atomic mass is 10.2. The molecule has 0 saturated carbocycles. The molecular formula is C28H20N2O10S2. The number of non-ortho nitro benzene ring substituents is 2. The van der Waals surface area contributed by atoms with Gasteiger partial charge in [0.2, 0.25) is 0 Å². The van der Waals surface area contributed by atoms with Gasteiger partial charge < -0.3 is 18.9 Å². The summed E-state index contributed by atoms with van der Waals surface area (Å²) in [5.41, 5.74) is 1.28. The fourth-order valence-corrected chi connectivity index (χ4v) is 5.12. The van der Waals surface area contributed by atoms with Gasteiger partial charge in [0.05, 0.1) is 9.85 Å². The van der Waals surface area contributed by atoms with E-state index in [1.165, 1.54) is 70.1 Å². The van der Waals surface area contributed by atoms with Crippen LogP contribution in [0.1, 0.15) is 11.1 Å². The first-order valence-corrected chi connectivity index (χ1v) is 14.1. The van der Waals surface area contributed by atoms with Crippen molar-refractivity contribution in [2.24, 2.45) is 0 Å². The van der Waals surface area contributed by atoms with Gasteiger partial charge in [-0.3, -0.25) is 20.2 Å². The predicted octanol–water partition coefficient (Wildman–Crippen LogP) is 7.73. The Bertz CT molecular complexity index is 1430. The molecule has 14 heteroatoms. The quantitative estimate of drug-likeness (QED) is 0.0537. The second-order valence-electron chi connectivity index (χ2n) is 8.24. The summed E-state index contributed by atoms with van der Waals surface area (Å²) in [7, 11) is 3.06. The van der Waals surface area contributed by atoms with Crippen LogP contribution in [0.25, 0.3) is 0 Å². The molecule has 0 amide bonds. The maximum atomic E-state index is 11.9. The van der Waals surface area contributed by atoms with Crippen molar-refractivity contribution in [3.05, 3.63) is 128 Å². The molecule has 4 rings (SSSR count). The summed E-state index contributed by atoms with van der Waals surface area (Å²) in [4.78, 5) is 46.0. The Labute approximate surface area is 246 Å². The number of carbonyl (C=O) groups excluding carboxylic acids is 2. The minimum atomic E-state index is -0.923. The van der Waals surface area contributed by atoms with Gasteiger partial charge in [0, 0.05) is 34.1 Å². The third-order valence-electron chi connectivity index (χ3n) is 5.29.